The molecule has 3 aromatic rings. The quantitative estimate of drug-likeness (QED) is 0.256. The number of methoxy groups -OCH3 is 1. The van der Waals surface area contributed by atoms with E-state index in [9.17, 15) is 18.4 Å². The van der Waals surface area contributed by atoms with Crippen LogP contribution in [0, 0.1) is 13.8 Å². The number of carbonyl (C=O) groups is 2. The number of nitrogens with zero attached hydrogens (tertiary/aromatic N) is 5. The number of Topliss-reactive ketones (excluding diaryl/α,β-unsaturated/α-hetero) is 1. The maximum absolute atomic E-state index is 13.7. The van der Waals surface area contributed by atoms with Gasteiger partial charge in [-0.05, 0) is 26.0 Å². The van der Waals surface area contributed by atoms with Gasteiger partial charge in [-0.1, -0.05) is 11.6 Å². The van der Waals surface area contributed by atoms with Crippen molar-refractivity contribution in [1.82, 2.24) is 24.8 Å². The topological polar surface area (TPSA) is 130 Å². The second-order valence-corrected chi connectivity index (χ2v) is 10.0. The number of amides is 1. The molecule has 0 aliphatic carbocycles. The molecule has 1 saturated heterocycles. The summed E-state index contributed by atoms with van der Waals surface area (Å²) >= 11 is 6.43. The van der Waals surface area contributed by atoms with Gasteiger partial charge in [0.15, 0.2) is 11.6 Å². The fraction of sp³-hybridized carbons (Fsp3) is 0.346. The number of pyridine rings is 1. The summed E-state index contributed by atoms with van der Waals surface area (Å²) in [4.78, 5) is 45.0. The zero-order chi connectivity index (χ0) is 28.1. The SMILES string of the molecule is COc1c(C)cnc(CN2C(=O)/C(=C/c3cc(C(=O)CN4CCC(F)(F)C4)c[nH]3)c3c(Cl)nc(N)nc32)c1C. The van der Waals surface area contributed by atoms with Crippen molar-refractivity contribution in [3.8, 4) is 5.75 Å². The number of nitrogens with two attached hydrogens (primary N) is 1. The molecule has 3 aromatic heterocycles. The van der Waals surface area contributed by atoms with E-state index in [1.54, 1.807) is 25.4 Å². The molecule has 1 amide bonds. The van der Waals surface area contributed by atoms with Gasteiger partial charge >= 0.3 is 0 Å². The molecule has 0 aromatic carbocycles. The van der Waals surface area contributed by atoms with E-state index in [1.807, 2.05) is 13.8 Å². The number of carbonyl (C=O) groups excluding carboxylic acids is 2. The predicted octanol–water partition coefficient (Wildman–Crippen LogP) is 3.67. The molecule has 0 radical (unpaired) electrons. The zero-order valence-electron chi connectivity index (χ0n) is 21.5. The Morgan fingerprint density at radius 1 is 1.33 bits per heavy atom. The molecule has 39 heavy (non-hydrogen) atoms. The number of likely N-dealkylation sites (tertiary alicyclic amines) is 1. The van der Waals surface area contributed by atoms with Crippen molar-refractivity contribution in [3.05, 3.63) is 57.3 Å². The van der Waals surface area contributed by atoms with Crippen LogP contribution in [0.2, 0.25) is 5.15 Å². The maximum Gasteiger partial charge on any atom is 0.261 e. The molecule has 2 aliphatic rings. The normalized spacial score (nSPS) is 17.7. The molecular formula is C26H26ClF2N7O3. The molecule has 13 heteroatoms. The van der Waals surface area contributed by atoms with E-state index in [-0.39, 0.29) is 54.3 Å². The van der Waals surface area contributed by atoms with Crippen LogP contribution < -0.4 is 15.4 Å². The monoisotopic (exact) mass is 557 g/mol. The largest absolute Gasteiger partial charge is 0.496 e. The Balaban J connectivity index is 1.45. The smallest absolute Gasteiger partial charge is 0.261 e. The first-order chi connectivity index (χ1) is 18.5. The Labute approximate surface area is 227 Å². The van der Waals surface area contributed by atoms with Gasteiger partial charge in [-0.2, -0.15) is 4.98 Å². The van der Waals surface area contributed by atoms with Gasteiger partial charge in [-0.15, -0.1) is 0 Å². The maximum atomic E-state index is 13.7. The summed E-state index contributed by atoms with van der Waals surface area (Å²) in [5.41, 5.74) is 9.35. The number of fused-ring (bicyclic) bond motifs is 1. The van der Waals surface area contributed by atoms with Crippen molar-refractivity contribution in [1.29, 1.82) is 0 Å². The summed E-state index contributed by atoms with van der Waals surface area (Å²) in [6.07, 6.45) is 4.43. The van der Waals surface area contributed by atoms with E-state index in [0.717, 1.165) is 11.1 Å². The van der Waals surface area contributed by atoms with Crippen molar-refractivity contribution in [2.45, 2.75) is 32.7 Å². The molecule has 3 N–H and O–H groups in total. The number of nitrogens with one attached hydrogen (secondary N) is 1. The van der Waals surface area contributed by atoms with E-state index in [1.165, 1.54) is 16.0 Å². The highest BCUT2D eigenvalue weighted by Crippen LogP contribution is 2.41. The van der Waals surface area contributed by atoms with Gasteiger partial charge in [0.2, 0.25) is 5.95 Å². The number of anilines is 2. The minimum absolute atomic E-state index is 0.00332. The number of ether oxygens (including phenoxy) is 1. The van der Waals surface area contributed by atoms with Gasteiger partial charge in [-0.3, -0.25) is 24.4 Å². The summed E-state index contributed by atoms with van der Waals surface area (Å²) in [7, 11) is 1.57. The van der Waals surface area contributed by atoms with Crippen molar-refractivity contribution >= 4 is 46.7 Å². The fourth-order valence-corrected chi connectivity index (χ4v) is 5.20. The van der Waals surface area contributed by atoms with Crippen LogP contribution in [0.15, 0.2) is 18.5 Å². The average Bonchev–Trinajstić information content (AvgIpc) is 3.54. The molecule has 0 unspecified atom stereocenters. The molecule has 204 valence electrons. The first kappa shape index (κ1) is 26.7. The van der Waals surface area contributed by atoms with Crippen LogP contribution in [0.3, 0.4) is 0 Å². The van der Waals surface area contributed by atoms with Crippen molar-refractivity contribution in [2.24, 2.45) is 0 Å². The van der Waals surface area contributed by atoms with Gasteiger partial charge in [-0.25, -0.2) is 13.8 Å². The van der Waals surface area contributed by atoms with Gasteiger partial charge in [0.25, 0.3) is 11.8 Å². The van der Waals surface area contributed by atoms with E-state index in [4.69, 9.17) is 22.1 Å². The van der Waals surface area contributed by atoms with Gasteiger partial charge < -0.3 is 15.5 Å². The highest BCUT2D eigenvalue weighted by Gasteiger charge is 2.39. The molecule has 0 saturated carbocycles. The molecule has 2 aliphatic heterocycles. The Kier molecular flexibility index (Phi) is 6.85. The molecule has 1 fully saturated rings. The van der Waals surface area contributed by atoms with E-state index >= 15 is 0 Å². The van der Waals surface area contributed by atoms with Crippen LogP contribution in [0.1, 0.15) is 44.9 Å². The number of aromatic amines is 1. The van der Waals surface area contributed by atoms with Gasteiger partial charge in [0.1, 0.15) is 10.9 Å². The number of H-pyrrole nitrogens is 1. The number of halogens is 3. The lowest BCUT2D eigenvalue weighted by Gasteiger charge is -2.19. The fourth-order valence-electron chi connectivity index (χ4n) is 4.92. The molecule has 5 rings (SSSR count). The van der Waals surface area contributed by atoms with Crippen LogP contribution in [0.25, 0.3) is 11.6 Å². The highest BCUT2D eigenvalue weighted by atomic mass is 35.5. The predicted molar refractivity (Wildman–Crippen MR) is 142 cm³/mol. The van der Waals surface area contributed by atoms with Crippen LogP contribution in [0.4, 0.5) is 20.5 Å². The number of ketones is 1. The minimum Gasteiger partial charge on any atom is -0.496 e. The second kappa shape index (κ2) is 10.0. The summed E-state index contributed by atoms with van der Waals surface area (Å²) in [6.45, 7) is 3.41. The number of nitrogen functional groups attached to an aromatic ring is 1. The third kappa shape index (κ3) is 5.09. The number of aryl methyl sites for hydroxylation is 1. The highest BCUT2D eigenvalue weighted by molar-refractivity contribution is 6.41. The molecule has 10 nitrogen and oxygen atoms in total. The van der Waals surface area contributed by atoms with E-state index in [2.05, 4.69) is 19.9 Å². The number of rotatable bonds is 7. The number of hydrogen-bond donors (Lipinski definition) is 2. The Hall–Kier alpha value is -3.90. The van der Waals surface area contributed by atoms with Crippen LogP contribution >= 0.6 is 11.6 Å². The van der Waals surface area contributed by atoms with Gasteiger partial charge in [0.05, 0.1) is 43.6 Å². The summed E-state index contributed by atoms with van der Waals surface area (Å²) in [5.74, 6) is -2.68. The standard InChI is InChI=1S/C26H26ClF2N7O3/c1-13-8-32-18(14(2)21(13)39-3)10-36-23-20(22(27)33-25(30)34-23)17(24(36)38)7-16-6-15(9-31-16)19(37)11-35-5-4-26(28,29)12-35/h6-9,31H,4-5,10-12H2,1-3H3,(H2,30,33,34)/b17-7+. The average molecular weight is 558 g/mol. The zero-order valence-corrected chi connectivity index (χ0v) is 22.3. The van der Waals surface area contributed by atoms with E-state index < -0.39 is 18.4 Å². The Bertz CT molecular complexity index is 1520. The third-order valence-electron chi connectivity index (χ3n) is 6.86. The van der Waals surface area contributed by atoms with Crippen molar-refractivity contribution in [2.75, 3.05) is 37.4 Å². The van der Waals surface area contributed by atoms with Crippen molar-refractivity contribution in [3.63, 3.8) is 0 Å². The summed E-state index contributed by atoms with van der Waals surface area (Å²) in [6, 6.07) is 1.56. The minimum atomic E-state index is -2.78. The molecular weight excluding hydrogens is 532 g/mol. The Morgan fingerprint density at radius 3 is 2.79 bits per heavy atom. The third-order valence-corrected chi connectivity index (χ3v) is 7.14. The molecule has 0 atom stereocenters. The van der Waals surface area contributed by atoms with Crippen molar-refractivity contribution < 1.29 is 23.1 Å². The van der Waals surface area contributed by atoms with Crippen LogP contribution in [-0.4, -0.2) is 69.2 Å². The Morgan fingerprint density at radius 2 is 2.10 bits per heavy atom. The number of alkyl halides is 2. The molecule has 0 spiro atoms. The van der Waals surface area contributed by atoms with E-state index in [0.29, 0.717) is 28.3 Å². The first-order valence-corrected chi connectivity index (χ1v) is 12.5. The molecule has 0 bridgehead atoms. The van der Waals surface area contributed by atoms with Gasteiger partial charge in [0, 0.05) is 47.7 Å². The van der Waals surface area contributed by atoms with Crippen LogP contribution in [-0.2, 0) is 11.3 Å². The summed E-state index contributed by atoms with van der Waals surface area (Å²) < 4.78 is 32.5. The molecule has 5 heterocycles. The van der Waals surface area contributed by atoms with Crippen LogP contribution in [0.5, 0.6) is 5.75 Å². The summed E-state index contributed by atoms with van der Waals surface area (Å²) in [5, 5.41) is 0.00332. The first-order valence-electron chi connectivity index (χ1n) is 12.1. The number of hydrogen-bond acceptors (Lipinski definition) is 8. The lowest BCUT2D eigenvalue weighted by Crippen LogP contribution is -2.30. The second-order valence-electron chi connectivity index (χ2n) is 9.65. The lowest BCUT2D eigenvalue weighted by atomic mass is 10.1. The number of aromatic nitrogens is 4. The lowest BCUT2D eigenvalue weighted by molar-refractivity contribution is -0.113.